The van der Waals surface area contributed by atoms with E-state index in [0.717, 1.165) is 5.56 Å². The Hall–Kier alpha value is -3.96. The smallest absolute Gasteiger partial charge is 0.310 e. The van der Waals surface area contributed by atoms with Gasteiger partial charge in [0, 0.05) is 18.5 Å². The number of benzene rings is 2. The highest BCUT2D eigenvalue weighted by Crippen LogP contribution is 2.24. The lowest BCUT2D eigenvalue weighted by atomic mass is 10.1. The first-order valence-electron chi connectivity index (χ1n) is 13.5. The quantitative estimate of drug-likeness (QED) is 0.364. The van der Waals surface area contributed by atoms with Crippen molar-refractivity contribution in [2.45, 2.75) is 70.6 Å². The second kappa shape index (κ2) is 13.6. The van der Waals surface area contributed by atoms with E-state index in [0.29, 0.717) is 25.1 Å². The zero-order chi connectivity index (χ0) is 29.5. The predicted octanol–water partition coefficient (Wildman–Crippen LogP) is 2.77. The normalized spacial score (nSPS) is 20.7. The van der Waals surface area contributed by atoms with Gasteiger partial charge in [0.25, 0.3) is 5.91 Å². The SMILES string of the molecule is CCC(=O)Nc1ccc(C(=O)NC(C)C(=O)N2CCCC2C(=O)NC2CC(=O)OC2OCc2ccccc2)cc1Cl. The fourth-order valence-electron chi connectivity index (χ4n) is 4.73. The van der Waals surface area contributed by atoms with Gasteiger partial charge >= 0.3 is 5.97 Å². The summed E-state index contributed by atoms with van der Waals surface area (Å²) in [4.78, 5) is 64.4. The van der Waals surface area contributed by atoms with Crippen LogP contribution in [0.1, 0.15) is 55.5 Å². The number of nitrogens with zero attached hydrogens (tertiary/aromatic N) is 1. The molecule has 0 bridgehead atoms. The highest BCUT2D eigenvalue weighted by Gasteiger charge is 2.41. The highest BCUT2D eigenvalue weighted by atomic mass is 35.5. The summed E-state index contributed by atoms with van der Waals surface area (Å²) in [6.07, 6.45) is 0.350. The molecule has 3 N–H and O–H groups in total. The topological polar surface area (TPSA) is 143 Å². The average molecular weight is 585 g/mol. The number of halogens is 1. The molecule has 4 rings (SSSR count). The first-order chi connectivity index (χ1) is 19.7. The summed E-state index contributed by atoms with van der Waals surface area (Å²) in [5, 5.41) is 8.32. The van der Waals surface area contributed by atoms with Gasteiger partial charge < -0.3 is 30.3 Å². The van der Waals surface area contributed by atoms with Crippen molar-refractivity contribution in [1.29, 1.82) is 0 Å². The number of likely N-dealkylation sites (tertiary alicyclic amines) is 1. The molecule has 41 heavy (non-hydrogen) atoms. The molecule has 4 atom stereocenters. The first kappa shape index (κ1) is 30.0. The third-order valence-corrected chi connectivity index (χ3v) is 7.24. The van der Waals surface area contributed by atoms with Crippen molar-refractivity contribution in [2.24, 2.45) is 0 Å². The number of ether oxygens (including phenoxy) is 2. The molecule has 4 amide bonds. The minimum Gasteiger partial charge on any atom is -0.433 e. The Morgan fingerprint density at radius 3 is 2.61 bits per heavy atom. The summed E-state index contributed by atoms with van der Waals surface area (Å²) in [6.45, 7) is 3.81. The van der Waals surface area contributed by atoms with Gasteiger partial charge in [-0.1, -0.05) is 48.9 Å². The molecule has 2 saturated heterocycles. The summed E-state index contributed by atoms with van der Waals surface area (Å²) < 4.78 is 11.0. The van der Waals surface area contributed by atoms with Crippen LogP contribution in [0.5, 0.6) is 0 Å². The molecule has 2 aromatic rings. The van der Waals surface area contributed by atoms with Crippen LogP contribution in [0, 0.1) is 0 Å². The molecule has 2 aliphatic rings. The second-order valence-electron chi connectivity index (χ2n) is 9.96. The van der Waals surface area contributed by atoms with Crippen LogP contribution in [0.25, 0.3) is 0 Å². The van der Waals surface area contributed by atoms with Gasteiger partial charge in [-0.3, -0.25) is 24.0 Å². The monoisotopic (exact) mass is 584 g/mol. The van der Waals surface area contributed by atoms with Gasteiger partial charge in [0.1, 0.15) is 18.1 Å². The summed E-state index contributed by atoms with van der Waals surface area (Å²) in [5.74, 6) is -2.05. The van der Waals surface area contributed by atoms with E-state index in [1.54, 1.807) is 13.8 Å². The van der Waals surface area contributed by atoms with Crippen LogP contribution in [0.2, 0.25) is 5.02 Å². The lowest BCUT2D eigenvalue weighted by Gasteiger charge is -2.28. The largest absolute Gasteiger partial charge is 0.433 e. The van der Waals surface area contributed by atoms with Crippen LogP contribution in [0.4, 0.5) is 5.69 Å². The Morgan fingerprint density at radius 1 is 1.15 bits per heavy atom. The lowest BCUT2D eigenvalue weighted by molar-refractivity contribution is -0.168. The fourth-order valence-corrected chi connectivity index (χ4v) is 4.95. The molecule has 0 radical (unpaired) electrons. The van der Waals surface area contributed by atoms with Gasteiger partial charge in [0.05, 0.1) is 23.7 Å². The number of cyclic esters (lactones) is 1. The second-order valence-corrected chi connectivity index (χ2v) is 10.4. The van der Waals surface area contributed by atoms with E-state index < -0.39 is 48.1 Å². The van der Waals surface area contributed by atoms with Crippen molar-refractivity contribution in [1.82, 2.24) is 15.5 Å². The minimum absolute atomic E-state index is 0.0399. The maximum atomic E-state index is 13.3. The highest BCUT2D eigenvalue weighted by molar-refractivity contribution is 6.34. The summed E-state index contributed by atoms with van der Waals surface area (Å²) in [5.41, 5.74) is 1.49. The number of esters is 1. The lowest BCUT2D eigenvalue weighted by Crippen LogP contribution is -2.54. The molecule has 2 aliphatic heterocycles. The Kier molecular flexibility index (Phi) is 9.95. The van der Waals surface area contributed by atoms with Crippen LogP contribution >= 0.6 is 11.6 Å². The summed E-state index contributed by atoms with van der Waals surface area (Å²) in [6, 6.07) is 11.4. The van der Waals surface area contributed by atoms with Crippen molar-refractivity contribution in [2.75, 3.05) is 11.9 Å². The van der Waals surface area contributed by atoms with E-state index >= 15 is 0 Å². The van der Waals surface area contributed by atoms with Crippen LogP contribution in [0.3, 0.4) is 0 Å². The number of carbonyl (C=O) groups excluding carboxylic acids is 5. The number of carbonyl (C=O) groups is 5. The van der Waals surface area contributed by atoms with E-state index in [9.17, 15) is 24.0 Å². The van der Waals surface area contributed by atoms with Crippen LogP contribution in [-0.4, -0.2) is 65.5 Å². The maximum absolute atomic E-state index is 13.3. The Labute approximate surface area is 242 Å². The zero-order valence-corrected chi connectivity index (χ0v) is 23.6. The van der Waals surface area contributed by atoms with Crippen LogP contribution in [-0.2, 0) is 35.3 Å². The third-order valence-electron chi connectivity index (χ3n) is 6.93. The number of amides is 4. The molecule has 12 heteroatoms. The molecule has 218 valence electrons. The molecule has 4 unspecified atom stereocenters. The van der Waals surface area contributed by atoms with Crippen molar-refractivity contribution >= 4 is 46.9 Å². The molecule has 2 aromatic carbocycles. The van der Waals surface area contributed by atoms with E-state index in [2.05, 4.69) is 16.0 Å². The Bertz CT molecular complexity index is 1310. The van der Waals surface area contributed by atoms with Crippen LogP contribution in [0.15, 0.2) is 48.5 Å². The molecular formula is C29H33ClN4O7. The van der Waals surface area contributed by atoms with Gasteiger partial charge in [-0.05, 0) is 43.5 Å². The molecule has 0 spiro atoms. The van der Waals surface area contributed by atoms with Gasteiger partial charge in [-0.2, -0.15) is 0 Å². The first-order valence-corrected chi connectivity index (χ1v) is 13.9. The number of hydrogen-bond acceptors (Lipinski definition) is 7. The number of nitrogens with one attached hydrogen (secondary N) is 3. The summed E-state index contributed by atoms with van der Waals surface area (Å²) >= 11 is 6.22. The Morgan fingerprint density at radius 2 is 1.90 bits per heavy atom. The molecule has 2 heterocycles. The fraction of sp³-hybridized carbons (Fsp3) is 0.414. The van der Waals surface area contributed by atoms with E-state index in [1.807, 2.05) is 30.3 Å². The van der Waals surface area contributed by atoms with Gasteiger partial charge in [0.2, 0.25) is 24.0 Å². The van der Waals surface area contributed by atoms with Gasteiger partial charge in [0.15, 0.2) is 0 Å². The average Bonchev–Trinajstić information content (AvgIpc) is 3.59. The molecule has 0 saturated carbocycles. The molecule has 2 fully saturated rings. The molecule has 0 aliphatic carbocycles. The molecule has 0 aromatic heterocycles. The van der Waals surface area contributed by atoms with Gasteiger partial charge in [-0.15, -0.1) is 0 Å². The molecular weight excluding hydrogens is 552 g/mol. The standard InChI is InChI=1S/C29H33ClN4O7/c1-3-24(35)32-21-12-11-19(14-20(21)30)26(37)31-17(2)28(39)34-13-7-10-23(34)27(38)33-22-15-25(36)41-29(22)40-16-18-8-5-4-6-9-18/h4-6,8-9,11-12,14,17,22-23,29H,3,7,10,13,15-16H2,1-2H3,(H,31,37)(H,32,35)(H,33,38). The van der Waals surface area contributed by atoms with Crippen molar-refractivity contribution in [3.63, 3.8) is 0 Å². The van der Waals surface area contributed by atoms with Crippen molar-refractivity contribution in [3.05, 3.63) is 64.7 Å². The third kappa shape index (κ3) is 7.62. The maximum Gasteiger partial charge on any atom is 0.310 e. The summed E-state index contributed by atoms with van der Waals surface area (Å²) in [7, 11) is 0. The van der Waals surface area contributed by atoms with E-state index in [1.165, 1.54) is 23.1 Å². The predicted molar refractivity (Wildman–Crippen MR) is 150 cm³/mol. The zero-order valence-electron chi connectivity index (χ0n) is 22.9. The minimum atomic E-state index is -0.941. The van der Waals surface area contributed by atoms with Crippen molar-refractivity contribution in [3.8, 4) is 0 Å². The number of anilines is 1. The molecule has 11 nitrogen and oxygen atoms in total. The Balaban J connectivity index is 1.33. The van der Waals surface area contributed by atoms with Crippen LogP contribution < -0.4 is 16.0 Å². The van der Waals surface area contributed by atoms with Crippen molar-refractivity contribution < 1.29 is 33.4 Å². The van der Waals surface area contributed by atoms with Gasteiger partial charge in [-0.25, -0.2) is 0 Å². The van der Waals surface area contributed by atoms with E-state index in [4.69, 9.17) is 21.1 Å². The number of hydrogen-bond donors (Lipinski definition) is 3. The number of rotatable bonds is 10. The van der Waals surface area contributed by atoms with E-state index in [-0.39, 0.29) is 35.9 Å².